The van der Waals surface area contributed by atoms with E-state index in [0.29, 0.717) is 12.6 Å². The summed E-state index contributed by atoms with van der Waals surface area (Å²) in [4.78, 5) is 2.53. The first kappa shape index (κ1) is 15.3. The molecule has 0 amide bonds. The summed E-state index contributed by atoms with van der Waals surface area (Å²) in [5.74, 6) is 1.69. The Morgan fingerprint density at radius 3 is 2.85 bits per heavy atom. The maximum atomic E-state index is 6.44. The molecule has 3 heteroatoms. The highest BCUT2D eigenvalue weighted by Crippen LogP contribution is 2.28. The molecular formula is C17H28N2O. The molecule has 2 rings (SSSR count). The molecule has 2 N–H and O–H groups in total. The number of benzene rings is 1. The second-order valence-corrected chi connectivity index (χ2v) is 5.93. The lowest BCUT2D eigenvalue weighted by atomic mass is 9.91. The molecule has 0 bridgehead atoms. The Labute approximate surface area is 123 Å². The first-order valence-electron chi connectivity index (χ1n) is 7.84. The lowest BCUT2D eigenvalue weighted by Crippen LogP contribution is -2.45. The molecule has 20 heavy (non-hydrogen) atoms. The summed E-state index contributed by atoms with van der Waals surface area (Å²) >= 11 is 0. The van der Waals surface area contributed by atoms with E-state index in [0.717, 1.165) is 30.3 Å². The van der Waals surface area contributed by atoms with Gasteiger partial charge in [0.1, 0.15) is 5.75 Å². The Morgan fingerprint density at radius 1 is 1.35 bits per heavy atom. The molecule has 3 atom stereocenters. The van der Waals surface area contributed by atoms with Gasteiger partial charge in [0.25, 0.3) is 0 Å². The van der Waals surface area contributed by atoms with E-state index in [4.69, 9.17) is 10.5 Å². The maximum Gasteiger partial charge on any atom is 0.124 e. The van der Waals surface area contributed by atoms with Gasteiger partial charge in [-0.2, -0.15) is 0 Å². The van der Waals surface area contributed by atoms with E-state index in [9.17, 15) is 0 Å². The van der Waals surface area contributed by atoms with Crippen LogP contribution in [0.4, 0.5) is 0 Å². The van der Waals surface area contributed by atoms with Gasteiger partial charge in [0.2, 0.25) is 0 Å². The van der Waals surface area contributed by atoms with Crippen LogP contribution >= 0.6 is 0 Å². The van der Waals surface area contributed by atoms with Gasteiger partial charge in [-0.15, -0.1) is 0 Å². The molecule has 1 heterocycles. The molecule has 0 radical (unpaired) electrons. The molecule has 0 aromatic heterocycles. The van der Waals surface area contributed by atoms with Crippen molar-refractivity contribution in [2.75, 3.05) is 19.7 Å². The first-order chi connectivity index (χ1) is 9.63. The van der Waals surface area contributed by atoms with Crippen molar-refractivity contribution in [3.05, 3.63) is 29.8 Å². The third-order valence-electron chi connectivity index (χ3n) is 4.55. The van der Waals surface area contributed by atoms with Crippen LogP contribution in [0.2, 0.25) is 0 Å². The number of para-hydroxylation sites is 1. The molecule has 0 aliphatic carbocycles. The highest BCUT2D eigenvalue weighted by molar-refractivity contribution is 5.36. The van der Waals surface area contributed by atoms with Crippen molar-refractivity contribution in [3.8, 4) is 5.75 Å². The average Bonchev–Trinajstić information content (AvgIpc) is 2.45. The van der Waals surface area contributed by atoms with Crippen molar-refractivity contribution in [2.45, 2.75) is 45.7 Å². The van der Waals surface area contributed by atoms with Crippen LogP contribution in [0.25, 0.3) is 0 Å². The van der Waals surface area contributed by atoms with Crippen molar-refractivity contribution < 1.29 is 4.74 Å². The van der Waals surface area contributed by atoms with E-state index in [-0.39, 0.29) is 6.04 Å². The number of piperidine rings is 1. The summed E-state index contributed by atoms with van der Waals surface area (Å²) in [7, 11) is 0. The number of rotatable bonds is 5. The number of nitrogens with zero attached hydrogens (tertiary/aromatic N) is 1. The maximum absolute atomic E-state index is 6.44. The number of hydrogen-bond donors (Lipinski definition) is 1. The van der Waals surface area contributed by atoms with Gasteiger partial charge in [-0.05, 0) is 45.2 Å². The minimum Gasteiger partial charge on any atom is -0.494 e. The van der Waals surface area contributed by atoms with Gasteiger partial charge < -0.3 is 10.5 Å². The normalized spacial score (nSPS) is 25.4. The lowest BCUT2D eigenvalue weighted by molar-refractivity contribution is 0.106. The molecule has 1 aromatic rings. The van der Waals surface area contributed by atoms with Gasteiger partial charge in [0.05, 0.1) is 6.61 Å². The van der Waals surface area contributed by atoms with Crippen molar-refractivity contribution in [3.63, 3.8) is 0 Å². The van der Waals surface area contributed by atoms with Gasteiger partial charge in [0, 0.05) is 24.2 Å². The van der Waals surface area contributed by atoms with Gasteiger partial charge >= 0.3 is 0 Å². The molecule has 3 unspecified atom stereocenters. The van der Waals surface area contributed by atoms with E-state index >= 15 is 0 Å². The molecule has 1 saturated heterocycles. The van der Waals surface area contributed by atoms with Crippen LogP contribution in [0.15, 0.2) is 24.3 Å². The minimum atomic E-state index is 0.0190. The summed E-state index contributed by atoms with van der Waals surface area (Å²) < 4.78 is 5.70. The topological polar surface area (TPSA) is 38.5 Å². The second kappa shape index (κ2) is 7.09. The molecule has 112 valence electrons. The Balaban J connectivity index is 2.06. The van der Waals surface area contributed by atoms with Crippen molar-refractivity contribution in [2.24, 2.45) is 11.7 Å². The Bertz CT molecular complexity index is 421. The summed E-state index contributed by atoms with van der Waals surface area (Å²) in [6.45, 7) is 9.44. The highest BCUT2D eigenvalue weighted by Gasteiger charge is 2.26. The zero-order valence-electron chi connectivity index (χ0n) is 13.0. The van der Waals surface area contributed by atoms with Crippen LogP contribution in [-0.2, 0) is 0 Å². The van der Waals surface area contributed by atoms with Crippen molar-refractivity contribution in [1.29, 1.82) is 0 Å². The fourth-order valence-electron chi connectivity index (χ4n) is 3.10. The van der Waals surface area contributed by atoms with Crippen LogP contribution in [0, 0.1) is 5.92 Å². The standard InChI is InChI=1S/C17H28N2O/c1-4-20-17-10-6-5-9-15(17)16(18)12-19-11-7-8-13(2)14(19)3/h5-6,9-10,13-14,16H,4,7-8,11-12,18H2,1-3H3. The third-order valence-corrected chi connectivity index (χ3v) is 4.55. The zero-order valence-corrected chi connectivity index (χ0v) is 13.0. The average molecular weight is 276 g/mol. The third kappa shape index (κ3) is 3.53. The van der Waals surface area contributed by atoms with Crippen LogP contribution in [0.1, 0.15) is 45.2 Å². The second-order valence-electron chi connectivity index (χ2n) is 5.93. The monoisotopic (exact) mass is 276 g/mol. The summed E-state index contributed by atoms with van der Waals surface area (Å²) in [6.07, 6.45) is 2.62. The van der Waals surface area contributed by atoms with Gasteiger partial charge in [-0.25, -0.2) is 0 Å². The predicted octanol–water partition coefficient (Wildman–Crippen LogP) is 3.21. The van der Waals surface area contributed by atoms with Gasteiger partial charge in [-0.1, -0.05) is 25.1 Å². The minimum absolute atomic E-state index is 0.0190. The molecule has 3 nitrogen and oxygen atoms in total. The van der Waals surface area contributed by atoms with Crippen LogP contribution in [0.5, 0.6) is 5.75 Å². The first-order valence-corrected chi connectivity index (χ1v) is 7.84. The molecule has 1 fully saturated rings. The molecule has 1 aliphatic rings. The van der Waals surface area contributed by atoms with Crippen molar-refractivity contribution >= 4 is 0 Å². The molecule has 0 saturated carbocycles. The summed E-state index contributed by atoms with van der Waals surface area (Å²) in [5, 5.41) is 0. The van der Waals surface area contributed by atoms with Gasteiger partial charge in [-0.3, -0.25) is 4.90 Å². The number of hydrogen-bond acceptors (Lipinski definition) is 3. The Morgan fingerprint density at radius 2 is 2.10 bits per heavy atom. The fourth-order valence-corrected chi connectivity index (χ4v) is 3.10. The number of ether oxygens (including phenoxy) is 1. The SMILES string of the molecule is CCOc1ccccc1C(N)CN1CCCC(C)C1C. The molecular weight excluding hydrogens is 248 g/mol. The van der Waals surface area contributed by atoms with E-state index < -0.39 is 0 Å². The fraction of sp³-hybridized carbons (Fsp3) is 0.647. The van der Waals surface area contributed by atoms with E-state index in [1.807, 2.05) is 25.1 Å². The smallest absolute Gasteiger partial charge is 0.124 e. The van der Waals surface area contributed by atoms with Crippen LogP contribution < -0.4 is 10.5 Å². The van der Waals surface area contributed by atoms with E-state index in [1.54, 1.807) is 0 Å². The molecule has 1 aliphatic heterocycles. The zero-order chi connectivity index (χ0) is 14.5. The molecule has 1 aromatic carbocycles. The molecule has 0 spiro atoms. The Hall–Kier alpha value is -1.06. The van der Waals surface area contributed by atoms with Crippen LogP contribution in [0.3, 0.4) is 0 Å². The Kier molecular flexibility index (Phi) is 5.44. The van der Waals surface area contributed by atoms with E-state index in [1.165, 1.54) is 12.8 Å². The quantitative estimate of drug-likeness (QED) is 0.897. The van der Waals surface area contributed by atoms with Crippen LogP contribution in [-0.4, -0.2) is 30.6 Å². The van der Waals surface area contributed by atoms with Gasteiger partial charge in [0.15, 0.2) is 0 Å². The largest absolute Gasteiger partial charge is 0.494 e. The number of nitrogens with two attached hydrogens (primary N) is 1. The predicted molar refractivity (Wildman–Crippen MR) is 84.0 cm³/mol. The highest BCUT2D eigenvalue weighted by atomic mass is 16.5. The van der Waals surface area contributed by atoms with Crippen molar-refractivity contribution in [1.82, 2.24) is 4.90 Å². The summed E-state index contributed by atoms with van der Waals surface area (Å²) in [6, 6.07) is 8.79. The lowest BCUT2D eigenvalue weighted by Gasteiger charge is -2.39. The van der Waals surface area contributed by atoms with E-state index in [2.05, 4.69) is 24.8 Å². The number of likely N-dealkylation sites (tertiary alicyclic amines) is 1. The summed E-state index contributed by atoms with van der Waals surface area (Å²) in [5.41, 5.74) is 7.57.